The van der Waals surface area contributed by atoms with Crippen LogP contribution in [0.3, 0.4) is 0 Å². The van der Waals surface area contributed by atoms with Crippen molar-refractivity contribution in [1.29, 1.82) is 0 Å². The van der Waals surface area contributed by atoms with Crippen LogP contribution in [0.1, 0.15) is 26.3 Å². The fourth-order valence-electron chi connectivity index (χ4n) is 2.63. The maximum atomic E-state index is 12.2. The quantitative estimate of drug-likeness (QED) is 0.209. The van der Waals surface area contributed by atoms with Crippen LogP contribution in [0.4, 0.5) is 0 Å². The molecule has 3 rings (SSSR count). The Morgan fingerprint density at radius 3 is 2.30 bits per heavy atom. The summed E-state index contributed by atoms with van der Waals surface area (Å²) in [6.07, 6.45) is 1.43. The minimum absolute atomic E-state index is 0.229. The van der Waals surface area contributed by atoms with Crippen molar-refractivity contribution in [2.45, 2.75) is 0 Å². The zero-order valence-corrected chi connectivity index (χ0v) is 19.2. The molecular weight excluding hydrogens is 490 g/mol. The molecule has 0 aromatic heterocycles. The van der Waals surface area contributed by atoms with Crippen molar-refractivity contribution in [2.75, 3.05) is 13.7 Å². The van der Waals surface area contributed by atoms with Gasteiger partial charge >= 0.3 is 5.97 Å². The zero-order chi connectivity index (χ0) is 23.6. The largest absolute Gasteiger partial charge is 0.497 e. The van der Waals surface area contributed by atoms with E-state index in [1.165, 1.54) is 13.3 Å². The Morgan fingerprint density at radius 2 is 1.64 bits per heavy atom. The van der Waals surface area contributed by atoms with E-state index in [1.807, 2.05) is 6.07 Å². The number of nitrogens with zero attached hydrogens (tertiary/aromatic N) is 1. The van der Waals surface area contributed by atoms with Crippen molar-refractivity contribution in [3.63, 3.8) is 0 Å². The molecule has 168 valence electrons. The molecular formula is C24H20BrN3O5. The van der Waals surface area contributed by atoms with E-state index < -0.39 is 11.9 Å². The zero-order valence-electron chi connectivity index (χ0n) is 17.6. The third-order valence-corrected chi connectivity index (χ3v) is 4.81. The van der Waals surface area contributed by atoms with Crippen molar-refractivity contribution < 1.29 is 23.9 Å². The van der Waals surface area contributed by atoms with Gasteiger partial charge < -0.3 is 14.8 Å². The molecule has 0 bridgehead atoms. The van der Waals surface area contributed by atoms with Crippen LogP contribution in [0.5, 0.6) is 11.5 Å². The topological polar surface area (TPSA) is 106 Å². The van der Waals surface area contributed by atoms with Gasteiger partial charge in [-0.25, -0.2) is 10.2 Å². The van der Waals surface area contributed by atoms with Crippen molar-refractivity contribution in [3.05, 3.63) is 94.0 Å². The molecule has 0 aliphatic rings. The first-order valence-corrected chi connectivity index (χ1v) is 10.6. The summed E-state index contributed by atoms with van der Waals surface area (Å²) >= 11 is 3.31. The number of carbonyl (C=O) groups excluding carboxylic acids is 3. The highest BCUT2D eigenvalue weighted by Crippen LogP contribution is 2.16. The SMILES string of the molecule is COc1ccc(C(=O)NCC(=O)N/N=C/c2ccc(OC(=O)c3cccc(Br)c3)cc2)cc1. The summed E-state index contributed by atoms with van der Waals surface area (Å²) in [6, 6.07) is 20.0. The molecule has 9 heteroatoms. The van der Waals surface area contributed by atoms with Gasteiger partial charge in [-0.3, -0.25) is 9.59 Å². The summed E-state index contributed by atoms with van der Waals surface area (Å²) in [7, 11) is 1.54. The molecule has 0 spiro atoms. The van der Waals surface area contributed by atoms with Crippen LogP contribution < -0.4 is 20.2 Å². The first-order valence-electron chi connectivity index (χ1n) is 9.76. The van der Waals surface area contributed by atoms with Crippen molar-refractivity contribution in [3.8, 4) is 11.5 Å². The summed E-state index contributed by atoms with van der Waals surface area (Å²) in [5.74, 6) is -0.323. The summed E-state index contributed by atoms with van der Waals surface area (Å²) in [6.45, 7) is -0.229. The van der Waals surface area contributed by atoms with E-state index in [2.05, 4.69) is 31.8 Å². The van der Waals surface area contributed by atoms with Gasteiger partial charge in [-0.15, -0.1) is 0 Å². The lowest BCUT2D eigenvalue weighted by molar-refractivity contribution is -0.120. The van der Waals surface area contributed by atoms with E-state index >= 15 is 0 Å². The molecule has 2 N–H and O–H groups in total. The number of benzene rings is 3. The van der Waals surface area contributed by atoms with Gasteiger partial charge in [0.1, 0.15) is 11.5 Å². The Hall–Kier alpha value is -3.98. The summed E-state index contributed by atoms with van der Waals surface area (Å²) in [4.78, 5) is 36.1. The average Bonchev–Trinajstić information content (AvgIpc) is 2.83. The fourth-order valence-corrected chi connectivity index (χ4v) is 3.03. The number of hydrazone groups is 1. The summed E-state index contributed by atoms with van der Waals surface area (Å²) < 4.78 is 11.2. The molecule has 0 aliphatic carbocycles. The lowest BCUT2D eigenvalue weighted by atomic mass is 10.2. The first kappa shape index (κ1) is 23.7. The predicted octanol–water partition coefficient (Wildman–Crippen LogP) is 3.56. The Kier molecular flexibility index (Phi) is 8.31. The third-order valence-electron chi connectivity index (χ3n) is 4.32. The molecule has 8 nitrogen and oxygen atoms in total. The van der Waals surface area contributed by atoms with Gasteiger partial charge in [-0.1, -0.05) is 22.0 Å². The van der Waals surface area contributed by atoms with Crippen LogP contribution in [-0.2, 0) is 4.79 Å². The van der Waals surface area contributed by atoms with Crippen molar-refractivity contribution in [2.24, 2.45) is 5.10 Å². The highest BCUT2D eigenvalue weighted by atomic mass is 79.9. The van der Waals surface area contributed by atoms with Crippen LogP contribution in [0.25, 0.3) is 0 Å². The number of amides is 2. The number of rotatable bonds is 8. The normalized spacial score (nSPS) is 10.5. The van der Waals surface area contributed by atoms with Crippen LogP contribution in [0, 0.1) is 0 Å². The number of ether oxygens (including phenoxy) is 2. The Labute approximate surface area is 198 Å². The number of carbonyl (C=O) groups is 3. The molecule has 33 heavy (non-hydrogen) atoms. The smallest absolute Gasteiger partial charge is 0.343 e. The second-order valence-corrected chi connectivity index (χ2v) is 7.59. The van der Waals surface area contributed by atoms with Crippen LogP contribution in [0.2, 0.25) is 0 Å². The Morgan fingerprint density at radius 1 is 0.939 bits per heavy atom. The molecule has 0 radical (unpaired) electrons. The minimum atomic E-state index is -0.479. The number of nitrogens with one attached hydrogen (secondary N) is 2. The summed E-state index contributed by atoms with van der Waals surface area (Å²) in [5.41, 5.74) is 3.85. The molecule has 3 aromatic rings. The van der Waals surface area contributed by atoms with Crippen molar-refractivity contribution >= 4 is 39.9 Å². The fraction of sp³-hybridized carbons (Fsp3) is 0.0833. The van der Waals surface area contributed by atoms with E-state index in [0.717, 1.165) is 4.47 Å². The third kappa shape index (κ3) is 7.29. The minimum Gasteiger partial charge on any atom is -0.497 e. The first-order chi connectivity index (χ1) is 15.9. The average molecular weight is 510 g/mol. The van der Waals surface area contributed by atoms with Gasteiger partial charge in [0, 0.05) is 10.0 Å². The molecule has 0 fully saturated rings. The monoisotopic (exact) mass is 509 g/mol. The van der Waals surface area contributed by atoms with Gasteiger partial charge in [-0.2, -0.15) is 5.10 Å². The molecule has 0 heterocycles. The molecule has 0 saturated heterocycles. The maximum Gasteiger partial charge on any atom is 0.343 e. The van der Waals surface area contributed by atoms with Gasteiger partial charge in [0.25, 0.3) is 11.8 Å². The van der Waals surface area contributed by atoms with Crippen LogP contribution >= 0.6 is 15.9 Å². The van der Waals surface area contributed by atoms with E-state index in [4.69, 9.17) is 9.47 Å². The number of methoxy groups -OCH3 is 1. The van der Waals surface area contributed by atoms with Crippen molar-refractivity contribution in [1.82, 2.24) is 10.7 Å². The van der Waals surface area contributed by atoms with E-state index in [9.17, 15) is 14.4 Å². The molecule has 0 atom stereocenters. The van der Waals surface area contributed by atoms with E-state index in [-0.39, 0.29) is 12.5 Å². The second kappa shape index (κ2) is 11.6. The number of hydrogen-bond donors (Lipinski definition) is 2. The number of hydrogen-bond acceptors (Lipinski definition) is 6. The predicted molar refractivity (Wildman–Crippen MR) is 127 cm³/mol. The summed E-state index contributed by atoms with van der Waals surface area (Å²) in [5, 5.41) is 6.37. The highest BCUT2D eigenvalue weighted by Gasteiger charge is 2.09. The van der Waals surface area contributed by atoms with Gasteiger partial charge in [0.15, 0.2) is 0 Å². The molecule has 0 aliphatic heterocycles. The van der Waals surface area contributed by atoms with Crippen LogP contribution in [0.15, 0.2) is 82.4 Å². The Bertz CT molecular complexity index is 1160. The molecule has 2 amide bonds. The van der Waals surface area contributed by atoms with Gasteiger partial charge in [0.05, 0.1) is 25.4 Å². The second-order valence-electron chi connectivity index (χ2n) is 6.67. The number of esters is 1. The highest BCUT2D eigenvalue weighted by molar-refractivity contribution is 9.10. The maximum absolute atomic E-state index is 12.2. The molecule has 3 aromatic carbocycles. The molecule has 0 saturated carbocycles. The van der Waals surface area contributed by atoms with Gasteiger partial charge in [0.2, 0.25) is 0 Å². The lowest BCUT2D eigenvalue weighted by Gasteiger charge is -2.06. The Balaban J connectivity index is 1.44. The molecule has 0 unspecified atom stereocenters. The van der Waals surface area contributed by atoms with Crippen LogP contribution in [-0.4, -0.2) is 37.7 Å². The van der Waals surface area contributed by atoms with E-state index in [0.29, 0.717) is 28.2 Å². The standard InChI is InChI=1S/C24H20BrN3O5/c1-32-20-11-7-17(8-12-20)23(30)26-15-22(29)28-27-14-16-5-9-21(10-6-16)33-24(31)18-3-2-4-19(25)13-18/h2-14H,15H2,1H3,(H,26,30)(H,28,29)/b27-14+. The van der Waals surface area contributed by atoms with E-state index in [1.54, 1.807) is 66.7 Å². The van der Waals surface area contributed by atoms with Gasteiger partial charge in [-0.05, 0) is 72.3 Å². The lowest BCUT2D eigenvalue weighted by Crippen LogP contribution is -2.34. The number of halogens is 1.